The smallest absolute Gasteiger partial charge is 0.248 e. The number of hydrogen-bond donors (Lipinski definition) is 0. The van der Waals surface area contributed by atoms with Gasteiger partial charge in [-0.25, -0.2) is 4.99 Å². The summed E-state index contributed by atoms with van der Waals surface area (Å²) in [6.45, 7) is 5.00. The minimum atomic E-state index is 0.0245. The van der Waals surface area contributed by atoms with Crippen LogP contribution in [-0.2, 0) is 9.53 Å². The van der Waals surface area contributed by atoms with Crippen LogP contribution in [0.15, 0.2) is 41.4 Å². The number of rotatable bonds is 3. The summed E-state index contributed by atoms with van der Waals surface area (Å²) in [7, 11) is 3.19. The Labute approximate surface area is 176 Å². The van der Waals surface area contributed by atoms with E-state index in [0.717, 1.165) is 47.1 Å². The third-order valence-electron chi connectivity index (χ3n) is 5.41. The predicted molar refractivity (Wildman–Crippen MR) is 115 cm³/mol. The van der Waals surface area contributed by atoms with Crippen LogP contribution in [-0.4, -0.2) is 68.5 Å². The second kappa shape index (κ2) is 8.75. The SMILES string of the molecule is COCC(=O)N1CCCN(C2=Nc3ccc(C)cc3Oc3cc(OC)ccc32)CC1. The average molecular weight is 409 g/mol. The van der Waals surface area contributed by atoms with Gasteiger partial charge < -0.3 is 24.0 Å². The number of amides is 1. The molecule has 2 aromatic carbocycles. The average Bonchev–Trinajstić information content (AvgIpc) is 3.07. The summed E-state index contributed by atoms with van der Waals surface area (Å²) in [6, 6.07) is 11.8. The molecule has 7 heteroatoms. The largest absolute Gasteiger partial charge is 0.497 e. The molecule has 2 aliphatic rings. The van der Waals surface area contributed by atoms with E-state index < -0.39 is 0 Å². The molecule has 0 aromatic heterocycles. The van der Waals surface area contributed by atoms with Crippen molar-refractivity contribution in [1.82, 2.24) is 9.80 Å². The van der Waals surface area contributed by atoms with Crippen molar-refractivity contribution in [2.45, 2.75) is 13.3 Å². The lowest BCUT2D eigenvalue weighted by Crippen LogP contribution is -2.38. The third-order valence-corrected chi connectivity index (χ3v) is 5.41. The number of ether oxygens (including phenoxy) is 3. The molecule has 0 radical (unpaired) electrons. The first-order valence-corrected chi connectivity index (χ1v) is 10.2. The van der Waals surface area contributed by atoms with Gasteiger partial charge in [-0.2, -0.15) is 0 Å². The lowest BCUT2D eigenvalue weighted by molar-refractivity contribution is -0.134. The van der Waals surface area contributed by atoms with E-state index in [0.29, 0.717) is 25.4 Å². The molecule has 30 heavy (non-hydrogen) atoms. The number of benzene rings is 2. The Morgan fingerprint density at radius 2 is 1.93 bits per heavy atom. The summed E-state index contributed by atoms with van der Waals surface area (Å²) >= 11 is 0. The maximum absolute atomic E-state index is 12.3. The number of aliphatic imine (C=N–C) groups is 1. The van der Waals surface area contributed by atoms with Crippen molar-refractivity contribution >= 4 is 17.4 Å². The van der Waals surface area contributed by atoms with Gasteiger partial charge in [0.1, 0.15) is 29.6 Å². The number of methoxy groups -OCH3 is 2. The van der Waals surface area contributed by atoms with E-state index in [-0.39, 0.29) is 12.5 Å². The van der Waals surface area contributed by atoms with Gasteiger partial charge in [0, 0.05) is 39.4 Å². The van der Waals surface area contributed by atoms with Crippen molar-refractivity contribution in [1.29, 1.82) is 0 Å². The number of fused-ring (bicyclic) bond motifs is 2. The maximum Gasteiger partial charge on any atom is 0.248 e. The van der Waals surface area contributed by atoms with Crippen LogP contribution in [0.1, 0.15) is 17.5 Å². The summed E-state index contributed by atoms with van der Waals surface area (Å²) < 4.78 is 16.7. The molecule has 2 aliphatic heterocycles. The summed E-state index contributed by atoms with van der Waals surface area (Å²) in [4.78, 5) is 21.4. The highest BCUT2D eigenvalue weighted by molar-refractivity contribution is 6.04. The quantitative estimate of drug-likeness (QED) is 0.778. The number of hydrogen-bond acceptors (Lipinski definition) is 6. The standard InChI is InChI=1S/C23H27N3O4/c1-16-5-8-19-21(13-16)30-20-14-17(29-3)6-7-18(20)23(24-19)26-10-4-9-25(11-12-26)22(27)15-28-2/h5-8,13-14H,4,9-12,15H2,1-3H3. The van der Waals surface area contributed by atoms with Crippen molar-refractivity contribution < 1.29 is 19.0 Å². The van der Waals surface area contributed by atoms with E-state index in [9.17, 15) is 4.79 Å². The molecule has 2 aromatic rings. The van der Waals surface area contributed by atoms with Crippen LogP contribution in [0.4, 0.5) is 5.69 Å². The van der Waals surface area contributed by atoms with Gasteiger partial charge >= 0.3 is 0 Å². The highest BCUT2D eigenvalue weighted by atomic mass is 16.5. The van der Waals surface area contributed by atoms with Crippen LogP contribution in [0.2, 0.25) is 0 Å². The van der Waals surface area contributed by atoms with Crippen molar-refractivity contribution in [3.63, 3.8) is 0 Å². The number of carbonyl (C=O) groups excluding carboxylic acids is 1. The fourth-order valence-corrected chi connectivity index (χ4v) is 3.82. The van der Waals surface area contributed by atoms with Crippen LogP contribution in [0.25, 0.3) is 0 Å². The van der Waals surface area contributed by atoms with Crippen molar-refractivity contribution in [2.75, 3.05) is 47.0 Å². The molecule has 2 heterocycles. The summed E-state index contributed by atoms with van der Waals surface area (Å²) in [5.74, 6) is 3.06. The molecule has 1 saturated heterocycles. The second-order valence-corrected chi connectivity index (χ2v) is 7.53. The number of nitrogens with zero attached hydrogens (tertiary/aromatic N) is 3. The van der Waals surface area contributed by atoms with Gasteiger partial charge in [-0.15, -0.1) is 0 Å². The van der Waals surface area contributed by atoms with Gasteiger partial charge in [-0.1, -0.05) is 6.07 Å². The van der Waals surface area contributed by atoms with Crippen molar-refractivity contribution in [3.05, 3.63) is 47.5 Å². The first-order chi connectivity index (χ1) is 14.6. The normalized spacial score (nSPS) is 15.9. The van der Waals surface area contributed by atoms with Gasteiger partial charge in [-0.05, 0) is 43.2 Å². The minimum Gasteiger partial charge on any atom is -0.497 e. The molecule has 0 unspecified atom stereocenters. The molecule has 0 saturated carbocycles. The van der Waals surface area contributed by atoms with Crippen LogP contribution in [0.5, 0.6) is 17.2 Å². The van der Waals surface area contributed by atoms with Crippen LogP contribution in [0, 0.1) is 6.92 Å². The molecule has 158 valence electrons. The van der Waals surface area contributed by atoms with E-state index in [4.69, 9.17) is 19.2 Å². The van der Waals surface area contributed by atoms with Crippen molar-refractivity contribution in [3.8, 4) is 17.2 Å². The second-order valence-electron chi connectivity index (χ2n) is 7.53. The first kappa shape index (κ1) is 20.2. The fraction of sp³-hybridized carbons (Fsp3) is 0.391. The molecule has 0 atom stereocenters. The van der Waals surface area contributed by atoms with Gasteiger partial charge in [0.15, 0.2) is 5.75 Å². The Morgan fingerprint density at radius 1 is 1.07 bits per heavy atom. The van der Waals surface area contributed by atoms with E-state index in [1.807, 2.05) is 48.2 Å². The number of amidine groups is 1. The third kappa shape index (κ3) is 4.11. The lowest BCUT2D eigenvalue weighted by Gasteiger charge is -2.25. The molecule has 0 N–H and O–H groups in total. The van der Waals surface area contributed by atoms with Gasteiger partial charge in [0.2, 0.25) is 5.91 Å². The molecule has 0 spiro atoms. The Bertz CT molecular complexity index is 973. The van der Waals surface area contributed by atoms with Gasteiger partial charge in [-0.3, -0.25) is 4.79 Å². The molecule has 0 aliphatic carbocycles. The number of carbonyl (C=O) groups is 1. The topological polar surface area (TPSA) is 63.6 Å². The van der Waals surface area contributed by atoms with E-state index >= 15 is 0 Å². The summed E-state index contributed by atoms with van der Waals surface area (Å²) in [6.07, 6.45) is 0.863. The molecule has 1 amide bonds. The van der Waals surface area contributed by atoms with Crippen LogP contribution < -0.4 is 9.47 Å². The first-order valence-electron chi connectivity index (χ1n) is 10.2. The number of aryl methyl sites for hydroxylation is 1. The van der Waals surface area contributed by atoms with Crippen LogP contribution in [0.3, 0.4) is 0 Å². The zero-order valence-electron chi connectivity index (χ0n) is 17.7. The molecular formula is C23H27N3O4. The molecule has 0 bridgehead atoms. The van der Waals surface area contributed by atoms with Gasteiger partial charge in [0.25, 0.3) is 0 Å². The monoisotopic (exact) mass is 409 g/mol. The highest BCUT2D eigenvalue weighted by Gasteiger charge is 2.26. The molecular weight excluding hydrogens is 382 g/mol. The van der Waals surface area contributed by atoms with E-state index in [1.54, 1.807) is 14.2 Å². The van der Waals surface area contributed by atoms with Gasteiger partial charge in [0.05, 0.1) is 12.7 Å². The molecule has 7 nitrogen and oxygen atoms in total. The predicted octanol–water partition coefficient (Wildman–Crippen LogP) is 3.37. The molecule has 4 rings (SSSR count). The Morgan fingerprint density at radius 3 is 2.73 bits per heavy atom. The molecule has 1 fully saturated rings. The Kier molecular flexibility index (Phi) is 5.90. The van der Waals surface area contributed by atoms with E-state index in [2.05, 4.69) is 4.90 Å². The van der Waals surface area contributed by atoms with Crippen molar-refractivity contribution in [2.24, 2.45) is 4.99 Å². The Balaban J connectivity index is 1.70. The summed E-state index contributed by atoms with van der Waals surface area (Å²) in [5, 5.41) is 0. The Hall–Kier alpha value is -3.06. The van der Waals surface area contributed by atoms with E-state index in [1.165, 1.54) is 0 Å². The minimum absolute atomic E-state index is 0.0245. The zero-order valence-corrected chi connectivity index (χ0v) is 17.7. The van der Waals surface area contributed by atoms with Crippen LogP contribution >= 0.6 is 0 Å². The maximum atomic E-state index is 12.3. The highest BCUT2D eigenvalue weighted by Crippen LogP contribution is 2.40. The summed E-state index contributed by atoms with van der Waals surface area (Å²) in [5.41, 5.74) is 2.82. The lowest BCUT2D eigenvalue weighted by atomic mass is 10.1. The zero-order chi connectivity index (χ0) is 21.1. The fourth-order valence-electron chi connectivity index (χ4n) is 3.82.